The minimum Gasteiger partial charge on any atom is -0.398 e. The van der Waals surface area contributed by atoms with Gasteiger partial charge < -0.3 is 16.6 Å². The highest BCUT2D eigenvalue weighted by Gasteiger charge is 2.18. The number of anilines is 1. The van der Waals surface area contributed by atoms with Crippen molar-refractivity contribution >= 4 is 29.7 Å². The van der Waals surface area contributed by atoms with Crippen LogP contribution in [0.2, 0.25) is 5.02 Å². The predicted octanol–water partition coefficient (Wildman–Crippen LogP) is 2.89. The zero-order valence-corrected chi connectivity index (χ0v) is 11.5. The molecule has 0 saturated heterocycles. The van der Waals surface area contributed by atoms with E-state index in [1.54, 1.807) is 18.2 Å². The van der Waals surface area contributed by atoms with E-state index in [4.69, 9.17) is 23.1 Å². The Morgan fingerprint density at radius 2 is 2.06 bits per heavy atom. The number of hydrogen-bond acceptors (Lipinski definition) is 3. The number of nitrogen functional groups attached to an aromatic ring is 1. The molecule has 5 N–H and O–H groups in total. The van der Waals surface area contributed by atoms with E-state index in [9.17, 15) is 5.11 Å². The quantitative estimate of drug-likeness (QED) is 0.726. The number of unbranched alkanes of at least 4 members (excludes halogenated alkanes) is 1. The van der Waals surface area contributed by atoms with Crippen LogP contribution in [0.3, 0.4) is 0 Å². The summed E-state index contributed by atoms with van der Waals surface area (Å²) in [6.07, 6.45) is 2.11. The van der Waals surface area contributed by atoms with Crippen molar-refractivity contribution in [1.29, 1.82) is 0 Å². The first kappa shape index (κ1) is 16.5. The van der Waals surface area contributed by atoms with Gasteiger partial charge in [-0.2, -0.15) is 0 Å². The molecule has 3 nitrogen and oxygen atoms in total. The number of aliphatic hydroxyl groups is 1. The van der Waals surface area contributed by atoms with Crippen LogP contribution >= 0.6 is 24.0 Å². The van der Waals surface area contributed by atoms with E-state index >= 15 is 0 Å². The molecule has 0 aliphatic carbocycles. The molecule has 5 heteroatoms. The molecular formula is C12H20Cl2N2O. The summed E-state index contributed by atoms with van der Waals surface area (Å²) in [6, 6.07) is 4.68. The molecule has 0 spiro atoms. The van der Waals surface area contributed by atoms with Gasteiger partial charge in [-0.3, -0.25) is 0 Å². The van der Waals surface area contributed by atoms with Crippen molar-refractivity contribution in [2.45, 2.75) is 38.3 Å². The van der Waals surface area contributed by atoms with Crippen molar-refractivity contribution in [1.82, 2.24) is 0 Å². The first-order valence-corrected chi connectivity index (χ1v) is 5.92. The van der Waals surface area contributed by atoms with E-state index in [0.29, 0.717) is 17.1 Å². The number of halogens is 2. The predicted molar refractivity (Wildman–Crippen MR) is 75.6 cm³/mol. The third-order valence-corrected chi connectivity index (χ3v) is 2.91. The molecule has 0 saturated carbocycles. The van der Waals surface area contributed by atoms with Gasteiger partial charge in [0.2, 0.25) is 0 Å². The third-order valence-electron chi connectivity index (χ3n) is 2.68. The van der Waals surface area contributed by atoms with E-state index in [2.05, 4.69) is 6.92 Å². The molecule has 1 rings (SSSR count). The standard InChI is InChI=1S/C12H19ClN2O.ClH/c1-2-3-4-11(16)12(15)9-7-8(13)5-6-10(9)14;/h5-7,11-12,16H,2-4,14-15H2,1H3;1H/t11-,12+;/m0./s1. The molecule has 1 aromatic rings. The zero-order valence-electron chi connectivity index (χ0n) is 9.90. The molecule has 98 valence electrons. The molecule has 0 aliphatic rings. The summed E-state index contributed by atoms with van der Waals surface area (Å²) in [5.74, 6) is 0. The molecule has 0 aromatic heterocycles. The maximum absolute atomic E-state index is 9.89. The molecule has 0 unspecified atom stereocenters. The summed E-state index contributed by atoms with van der Waals surface area (Å²) < 4.78 is 0. The van der Waals surface area contributed by atoms with Crippen LogP contribution < -0.4 is 11.5 Å². The number of hydrogen-bond donors (Lipinski definition) is 3. The van der Waals surface area contributed by atoms with E-state index in [-0.39, 0.29) is 12.4 Å². The van der Waals surface area contributed by atoms with Gasteiger partial charge in [-0.15, -0.1) is 12.4 Å². The Balaban J connectivity index is 0.00000256. The van der Waals surface area contributed by atoms with Crippen LogP contribution in [0.4, 0.5) is 5.69 Å². The number of aliphatic hydroxyl groups excluding tert-OH is 1. The van der Waals surface area contributed by atoms with Gasteiger partial charge in [0.15, 0.2) is 0 Å². The molecule has 1 aromatic carbocycles. The van der Waals surface area contributed by atoms with Crippen LogP contribution in [-0.4, -0.2) is 11.2 Å². The second-order valence-electron chi connectivity index (χ2n) is 4.01. The molecule has 0 bridgehead atoms. The van der Waals surface area contributed by atoms with Gasteiger partial charge >= 0.3 is 0 Å². The summed E-state index contributed by atoms with van der Waals surface area (Å²) in [7, 11) is 0. The van der Waals surface area contributed by atoms with E-state index in [1.807, 2.05) is 0 Å². The van der Waals surface area contributed by atoms with Gasteiger partial charge in [0.1, 0.15) is 0 Å². The fourth-order valence-corrected chi connectivity index (χ4v) is 1.81. The molecular weight excluding hydrogens is 259 g/mol. The lowest BCUT2D eigenvalue weighted by Gasteiger charge is -2.20. The van der Waals surface area contributed by atoms with Crippen molar-refractivity contribution in [2.75, 3.05) is 5.73 Å². The molecule has 17 heavy (non-hydrogen) atoms. The number of nitrogens with two attached hydrogens (primary N) is 2. The maximum atomic E-state index is 9.89. The Bertz CT molecular complexity index is 347. The zero-order chi connectivity index (χ0) is 12.1. The van der Waals surface area contributed by atoms with E-state index in [1.165, 1.54) is 0 Å². The highest BCUT2D eigenvalue weighted by molar-refractivity contribution is 6.30. The first-order chi connectivity index (χ1) is 7.56. The van der Waals surface area contributed by atoms with E-state index in [0.717, 1.165) is 18.4 Å². The van der Waals surface area contributed by atoms with Crippen LogP contribution in [0.5, 0.6) is 0 Å². The summed E-state index contributed by atoms with van der Waals surface area (Å²) in [5, 5.41) is 10.5. The van der Waals surface area contributed by atoms with Crippen molar-refractivity contribution < 1.29 is 5.11 Å². The number of rotatable bonds is 5. The highest BCUT2D eigenvalue weighted by atomic mass is 35.5. The lowest BCUT2D eigenvalue weighted by atomic mass is 9.97. The molecule has 0 fully saturated rings. The monoisotopic (exact) mass is 278 g/mol. The minimum absolute atomic E-state index is 0. The van der Waals surface area contributed by atoms with Gasteiger partial charge in [-0.1, -0.05) is 31.4 Å². The van der Waals surface area contributed by atoms with Crippen molar-refractivity contribution in [3.63, 3.8) is 0 Å². The Morgan fingerprint density at radius 3 is 2.65 bits per heavy atom. The largest absolute Gasteiger partial charge is 0.398 e. The lowest BCUT2D eigenvalue weighted by Crippen LogP contribution is -2.26. The Kier molecular flexibility index (Phi) is 7.55. The molecule has 0 radical (unpaired) electrons. The van der Waals surface area contributed by atoms with Gasteiger partial charge in [0, 0.05) is 10.7 Å². The van der Waals surface area contributed by atoms with Crippen molar-refractivity contribution in [3.05, 3.63) is 28.8 Å². The molecule has 0 heterocycles. The van der Waals surface area contributed by atoms with Gasteiger partial charge in [0.25, 0.3) is 0 Å². The van der Waals surface area contributed by atoms with Crippen LogP contribution in [-0.2, 0) is 0 Å². The fourth-order valence-electron chi connectivity index (χ4n) is 1.63. The van der Waals surface area contributed by atoms with Gasteiger partial charge in [-0.25, -0.2) is 0 Å². The molecule has 2 atom stereocenters. The third kappa shape index (κ3) is 4.72. The average Bonchev–Trinajstić information content (AvgIpc) is 2.28. The van der Waals surface area contributed by atoms with Gasteiger partial charge in [-0.05, 0) is 30.2 Å². The summed E-state index contributed by atoms with van der Waals surface area (Å²) in [4.78, 5) is 0. The average molecular weight is 279 g/mol. The summed E-state index contributed by atoms with van der Waals surface area (Å²) in [5.41, 5.74) is 13.1. The van der Waals surface area contributed by atoms with Crippen molar-refractivity contribution in [2.24, 2.45) is 5.73 Å². The smallest absolute Gasteiger partial charge is 0.0733 e. The summed E-state index contributed by atoms with van der Waals surface area (Å²) in [6.45, 7) is 2.08. The molecule has 0 aliphatic heterocycles. The fraction of sp³-hybridized carbons (Fsp3) is 0.500. The lowest BCUT2D eigenvalue weighted by molar-refractivity contribution is 0.133. The van der Waals surface area contributed by atoms with Crippen molar-refractivity contribution in [3.8, 4) is 0 Å². The Morgan fingerprint density at radius 1 is 1.41 bits per heavy atom. The second kappa shape index (κ2) is 7.77. The minimum atomic E-state index is -0.569. The SMILES string of the molecule is CCCC[C@H](O)[C@H](N)c1cc(Cl)ccc1N.Cl. The Hall–Kier alpha value is -0.480. The number of benzene rings is 1. The normalized spacial score (nSPS) is 13.9. The van der Waals surface area contributed by atoms with E-state index < -0.39 is 12.1 Å². The van der Waals surface area contributed by atoms with Crippen LogP contribution in [0.25, 0.3) is 0 Å². The second-order valence-corrected chi connectivity index (χ2v) is 4.45. The van der Waals surface area contributed by atoms with Crippen LogP contribution in [0, 0.1) is 0 Å². The summed E-state index contributed by atoms with van der Waals surface area (Å²) >= 11 is 5.88. The molecule has 0 amide bonds. The topological polar surface area (TPSA) is 72.3 Å². The maximum Gasteiger partial charge on any atom is 0.0733 e. The Labute approximate surface area is 114 Å². The highest BCUT2D eigenvalue weighted by Crippen LogP contribution is 2.26. The van der Waals surface area contributed by atoms with Crippen LogP contribution in [0.15, 0.2) is 18.2 Å². The first-order valence-electron chi connectivity index (χ1n) is 5.54. The van der Waals surface area contributed by atoms with Gasteiger partial charge in [0.05, 0.1) is 12.1 Å². The van der Waals surface area contributed by atoms with Crippen LogP contribution in [0.1, 0.15) is 37.8 Å².